The topological polar surface area (TPSA) is 34.1 Å². The fraction of sp³-hybridized carbons (Fsp3) is 0.625. The van der Waals surface area contributed by atoms with E-state index in [1.165, 1.54) is 6.92 Å². The molecule has 11 heavy (non-hydrogen) atoms. The zero-order valence-electron chi connectivity index (χ0n) is 6.94. The Morgan fingerprint density at radius 1 is 1.27 bits per heavy atom. The fourth-order valence-electron chi connectivity index (χ4n) is 0. The number of hydrogen-bond donors (Lipinski definition) is 0. The fourth-order valence-corrected chi connectivity index (χ4v) is 0. The van der Waals surface area contributed by atoms with Gasteiger partial charge in [0.2, 0.25) is 0 Å². The summed E-state index contributed by atoms with van der Waals surface area (Å²) in [6.07, 6.45) is 0.667. The maximum Gasteiger partial charge on any atom is 0.129 e. The number of hydrogen-bond acceptors (Lipinski definition) is 2. The van der Waals surface area contributed by atoms with Crippen LogP contribution in [0.4, 0.5) is 0 Å². The van der Waals surface area contributed by atoms with E-state index < -0.39 is 0 Å². The molecule has 0 aromatic rings. The van der Waals surface area contributed by atoms with Crippen LogP contribution in [-0.2, 0) is 9.59 Å². The van der Waals surface area contributed by atoms with Crippen molar-refractivity contribution in [1.29, 1.82) is 0 Å². The number of Topliss-reactive ketones (excluding diaryl/α,β-unsaturated/α-hetero) is 2. The van der Waals surface area contributed by atoms with Gasteiger partial charge in [-0.15, -0.1) is 0 Å². The van der Waals surface area contributed by atoms with Crippen molar-refractivity contribution in [3.63, 3.8) is 0 Å². The Morgan fingerprint density at radius 3 is 1.36 bits per heavy atom. The molecule has 3 heteroatoms. The summed E-state index contributed by atoms with van der Waals surface area (Å²) in [6, 6.07) is 0. The van der Waals surface area contributed by atoms with Crippen LogP contribution >= 0.6 is 0 Å². The molecule has 0 heterocycles. The Kier molecular flexibility index (Phi) is 32.7. The molecule has 0 saturated carbocycles. The largest absolute Gasteiger partial charge is 0.340 e. The van der Waals surface area contributed by atoms with Crippen molar-refractivity contribution >= 4 is 11.6 Å². The summed E-state index contributed by atoms with van der Waals surface area (Å²) >= 11 is 0. The van der Waals surface area contributed by atoms with Crippen LogP contribution in [0.3, 0.4) is 0 Å². The average Bonchev–Trinajstić information content (AvgIpc) is 1.65. The molecule has 0 unspecified atom stereocenters. The molecule has 64 valence electrons. The Balaban J connectivity index is -0.0000000383. The maximum atomic E-state index is 9.81. The van der Waals surface area contributed by atoms with Crippen molar-refractivity contribution in [1.82, 2.24) is 0 Å². The van der Waals surface area contributed by atoms with Crippen molar-refractivity contribution in [3.05, 3.63) is 6.92 Å². The first-order valence-corrected chi connectivity index (χ1v) is 2.82. The van der Waals surface area contributed by atoms with E-state index in [2.05, 4.69) is 6.92 Å². The van der Waals surface area contributed by atoms with E-state index in [1.807, 2.05) is 6.92 Å². The number of ketones is 2. The van der Waals surface area contributed by atoms with Crippen molar-refractivity contribution in [3.8, 4) is 0 Å². The van der Waals surface area contributed by atoms with Gasteiger partial charge in [0.25, 0.3) is 0 Å². The summed E-state index contributed by atoms with van der Waals surface area (Å²) in [7, 11) is 0. The normalized spacial score (nSPS) is 5.73. The molecule has 0 spiro atoms. The van der Waals surface area contributed by atoms with Crippen LogP contribution in [0.2, 0.25) is 0 Å². The summed E-state index contributed by atoms with van der Waals surface area (Å²) in [5.41, 5.74) is 0. The monoisotopic (exact) mass is 412 g/mol. The van der Waals surface area contributed by atoms with Gasteiger partial charge in [0.1, 0.15) is 5.78 Å². The van der Waals surface area contributed by atoms with Crippen molar-refractivity contribution < 1.29 is 9.59 Å². The predicted octanol–water partition coefficient (Wildman–Crippen LogP) is 2.03. The summed E-state index contributed by atoms with van der Waals surface area (Å²) in [5, 5.41) is 0. The molecular weight excluding hydrogens is 395 g/mol. The van der Waals surface area contributed by atoms with E-state index in [0.717, 1.165) is 0 Å². The van der Waals surface area contributed by atoms with Crippen LogP contribution in [0.5, 0.6) is 0 Å². The van der Waals surface area contributed by atoms with Crippen molar-refractivity contribution in [2.45, 2.75) is 34.6 Å². The molecule has 0 N–H and O–H groups in total. The van der Waals surface area contributed by atoms with Gasteiger partial charge >= 0.3 is 0 Å². The smallest absolute Gasteiger partial charge is 0.129 e. The van der Waals surface area contributed by atoms with Gasteiger partial charge in [-0.1, -0.05) is 14.4 Å². The molecule has 0 amide bonds. The van der Waals surface area contributed by atoms with Crippen LogP contribution < -0.4 is 0 Å². The second-order valence-electron chi connectivity index (χ2n) is 1.76. The van der Waals surface area contributed by atoms with E-state index >= 15 is 0 Å². The Bertz CT molecular complexity index is 96.3. The molecule has 0 aromatic heterocycles. The molecule has 0 bridgehead atoms. The third-order valence-corrected chi connectivity index (χ3v) is 0.498. The van der Waals surface area contributed by atoms with Gasteiger partial charge < -0.3 is 16.5 Å². The molecule has 0 aliphatic heterocycles. The number of rotatable bonds is 1. The van der Waals surface area contributed by atoms with Crippen LogP contribution in [0.25, 0.3) is 0 Å². The second-order valence-corrected chi connectivity index (χ2v) is 1.76. The van der Waals surface area contributed by atoms with E-state index in [1.54, 1.807) is 6.92 Å². The van der Waals surface area contributed by atoms with Gasteiger partial charge in [-0.25, -0.2) is 0 Å². The third kappa shape index (κ3) is 7180. The maximum absolute atomic E-state index is 9.81. The molecule has 0 rings (SSSR count). The summed E-state index contributed by atoms with van der Waals surface area (Å²) in [6.45, 7) is 7.85. The Hall–Kier alpha value is -1.79. The molecule has 0 aliphatic carbocycles. The molecule has 0 fully saturated rings. The van der Waals surface area contributed by atoms with Crippen molar-refractivity contribution in [2.75, 3.05) is 0 Å². The number of carbonyl (C=O) groups excluding carboxylic acids is 2. The molecule has 0 radical (unpaired) electrons. The Labute approximate surface area is 63.6 Å². The van der Waals surface area contributed by atoms with Crippen molar-refractivity contribution in [2.24, 2.45) is 0 Å². The standard InChI is InChI=1S/C4H8O.C3H5O.CH4.Rf/c1-3-4(2)5;1-3(2)4;;/h3H2,1-2H3;1H2,2H3;1H4;/q;-1;;. The van der Waals surface area contributed by atoms with E-state index in [0.29, 0.717) is 6.42 Å². The first-order chi connectivity index (χ1) is 4.00. The van der Waals surface area contributed by atoms with E-state index in [9.17, 15) is 9.59 Å². The Morgan fingerprint density at radius 2 is 1.36 bits per heavy atom. The summed E-state index contributed by atoms with van der Waals surface area (Å²) in [4.78, 5) is 19.1. The van der Waals surface area contributed by atoms with E-state index in [-0.39, 0.29) is 19.0 Å². The third-order valence-electron chi connectivity index (χ3n) is 0.498. The van der Waals surface area contributed by atoms with E-state index in [4.69, 9.17) is 0 Å². The SMILES string of the molecule is C.CCC(C)=O.[CH2-]C(C)=O.[Rf]. The molecule has 2 nitrogen and oxygen atoms in total. The molecule has 0 atom stereocenters. The second kappa shape index (κ2) is 15.7. The number of carbonyl (C=O) groups is 2. The molecule has 0 aliphatic rings. The van der Waals surface area contributed by atoms with Crippen LogP contribution in [0.15, 0.2) is 0 Å². The summed E-state index contributed by atoms with van der Waals surface area (Å²) < 4.78 is 0. The van der Waals surface area contributed by atoms with Gasteiger partial charge in [-0.2, -0.15) is 0 Å². The van der Waals surface area contributed by atoms with Gasteiger partial charge in [0, 0.05) is 6.42 Å². The molecular formula is C8H17O2Rf-. The van der Waals surface area contributed by atoms with Gasteiger partial charge in [-0.3, -0.25) is 0 Å². The first kappa shape index (κ1) is 22.9. The molecule has 0 aromatic carbocycles. The zero-order chi connectivity index (χ0) is 7.86. The molecule has 0 saturated heterocycles. The van der Waals surface area contributed by atoms with Gasteiger partial charge in [0.05, 0.1) is 0 Å². The van der Waals surface area contributed by atoms with Gasteiger partial charge in [0.15, 0.2) is 0 Å². The quantitative estimate of drug-likeness (QED) is 0.618. The van der Waals surface area contributed by atoms with Crippen LogP contribution in [-0.4, -0.2) is 11.6 Å². The first-order valence-electron chi connectivity index (χ1n) is 2.82. The minimum Gasteiger partial charge on any atom is -0.340 e. The zero-order valence-corrected chi connectivity index (χ0v) is 13.3. The predicted molar refractivity (Wildman–Crippen MR) is 43.7 cm³/mol. The van der Waals surface area contributed by atoms with Crippen LogP contribution in [0.1, 0.15) is 34.6 Å². The van der Waals surface area contributed by atoms with Gasteiger partial charge in [-0.05, 0) is 19.6 Å². The average molecular weight is 412 g/mol. The summed E-state index contributed by atoms with van der Waals surface area (Å²) in [5.74, 6) is 0.171. The minimum absolute atomic E-state index is 0. The van der Waals surface area contributed by atoms with Crippen LogP contribution in [0, 0.1) is 6.92 Å². The minimum atomic E-state index is -0.0833.